The SMILES string of the molecule is Cl.NC(=O)c1ccc(OC2=CC(O)N(CC3CCNCC3)C2O)cc1. The Morgan fingerprint density at radius 1 is 1.24 bits per heavy atom. The number of amides is 1. The molecule has 0 saturated carbocycles. The van der Waals surface area contributed by atoms with E-state index in [1.807, 2.05) is 0 Å². The van der Waals surface area contributed by atoms with Crippen LogP contribution in [0.2, 0.25) is 0 Å². The number of hydrogen-bond acceptors (Lipinski definition) is 6. The van der Waals surface area contributed by atoms with Crippen LogP contribution in [-0.4, -0.2) is 53.1 Å². The molecule has 7 nitrogen and oxygen atoms in total. The predicted octanol–water partition coefficient (Wildman–Crippen LogP) is 0.422. The summed E-state index contributed by atoms with van der Waals surface area (Å²) in [6, 6.07) is 6.33. The molecular weight excluding hydrogens is 346 g/mol. The van der Waals surface area contributed by atoms with Crippen molar-refractivity contribution in [1.82, 2.24) is 10.2 Å². The smallest absolute Gasteiger partial charge is 0.248 e. The minimum Gasteiger partial charge on any atom is -0.458 e. The van der Waals surface area contributed by atoms with Gasteiger partial charge in [0.15, 0.2) is 6.23 Å². The van der Waals surface area contributed by atoms with Crippen molar-refractivity contribution in [3.63, 3.8) is 0 Å². The van der Waals surface area contributed by atoms with Gasteiger partial charge in [-0.05, 0) is 56.1 Å². The van der Waals surface area contributed by atoms with Crippen molar-refractivity contribution in [2.75, 3.05) is 19.6 Å². The standard InChI is InChI=1S/C17H23N3O4.ClH/c18-16(22)12-1-3-13(4-2-12)24-14-9-15(21)20(17(14)23)10-11-5-7-19-8-6-11;/h1-4,9,11,15,17,19,21,23H,5-8,10H2,(H2,18,22);1H. The van der Waals surface area contributed by atoms with Gasteiger partial charge in [-0.1, -0.05) is 0 Å². The maximum absolute atomic E-state index is 11.1. The number of hydrogen-bond donors (Lipinski definition) is 4. The van der Waals surface area contributed by atoms with E-state index in [9.17, 15) is 15.0 Å². The Labute approximate surface area is 152 Å². The van der Waals surface area contributed by atoms with Gasteiger partial charge >= 0.3 is 0 Å². The quantitative estimate of drug-likeness (QED) is 0.599. The zero-order valence-electron chi connectivity index (χ0n) is 13.8. The molecule has 0 aromatic heterocycles. The van der Waals surface area contributed by atoms with Crippen molar-refractivity contribution >= 4 is 18.3 Å². The number of nitrogens with one attached hydrogen (secondary N) is 1. The van der Waals surface area contributed by atoms with E-state index in [4.69, 9.17) is 10.5 Å². The first-order valence-corrected chi connectivity index (χ1v) is 8.16. The summed E-state index contributed by atoms with van der Waals surface area (Å²) in [6.45, 7) is 2.55. The van der Waals surface area contributed by atoms with Crippen LogP contribution in [0, 0.1) is 5.92 Å². The highest BCUT2D eigenvalue weighted by Crippen LogP contribution is 2.27. The highest BCUT2D eigenvalue weighted by Gasteiger charge is 2.35. The molecule has 2 atom stereocenters. The number of halogens is 1. The minimum absolute atomic E-state index is 0. The molecule has 1 amide bonds. The van der Waals surface area contributed by atoms with Gasteiger partial charge in [0.1, 0.15) is 17.7 Å². The van der Waals surface area contributed by atoms with Crippen molar-refractivity contribution in [2.24, 2.45) is 11.7 Å². The monoisotopic (exact) mass is 369 g/mol. The van der Waals surface area contributed by atoms with E-state index in [1.165, 1.54) is 6.08 Å². The molecule has 0 aliphatic carbocycles. The van der Waals surface area contributed by atoms with Gasteiger partial charge in [0.05, 0.1) is 0 Å². The summed E-state index contributed by atoms with van der Waals surface area (Å²) >= 11 is 0. The van der Waals surface area contributed by atoms with E-state index in [-0.39, 0.29) is 12.4 Å². The summed E-state index contributed by atoms with van der Waals surface area (Å²) in [5.74, 6) is 0.702. The zero-order chi connectivity index (χ0) is 17.1. The third kappa shape index (κ3) is 4.71. The molecule has 1 aromatic rings. The summed E-state index contributed by atoms with van der Waals surface area (Å²) in [4.78, 5) is 12.7. The number of rotatable bonds is 5. The average molecular weight is 370 g/mol. The molecule has 1 saturated heterocycles. The molecule has 0 radical (unpaired) electrons. The van der Waals surface area contributed by atoms with E-state index in [1.54, 1.807) is 29.2 Å². The number of primary amides is 1. The second-order valence-corrected chi connectivity index (χ2v) is 6.24. The van der Waals surface area contributed by atoms with E-state index in [0.717, 1.165) is 25.9 Å². The van der Waals surface area contributed by atoms with Gasteiger partial charge in [-0.15, -0.1) is 12.4 Å². The van der Waals surface area contributed by atoms with Gasteiger partial charge in [-0.25, -0.2) is 4.90 Å². The molecule has 25 heavy (non-hydrogen) atoms. The molecule has 2 aliphatic rings. The van der Waals surface area contributed by atoms with Gasteiger partial charge in [0.25, 0.3) is 0 Å². The lowest BCUT2D eigenvalue weighted by atomic mass is 9.97. The number of aliphatic hydroxyl groups is 2. The largest absolute Gasteiger partial charge is 0.458 e. The summed E-state index contributed by atoms with van der Waals surface area (Å²) in [7, 11) is 0. The van der Waals surface area contributed by atoms with Gasteiger partial charge in [-0.3, -0.25) is 4.79 Å². The fraction of sp³-hybridized carbons (Fsp3) is 0.471. The minimum atomic E-state index is -0.981. The topological polar surface area (TPSA) is 108 Å². The Morgan fingerprint density at radius 3 is 2.48 bits per heavy atom. The van der Waals surface area contributed by atoms with Gasteiger partial charge < -0.3 is 26.0 Å². The number of carbonyl (C=O) groups is 1. The number of carbonyl (C=O) groups excluding carboxylic acids is 1. The fourth-order valence-corrected chi connectivity index (χ4v) is 3.12. The highest BCUT2D eigenvalue weighted by atomic mass is 35.5. The van der Waals surface area contributed by atoms with Crippen LogP contribution in [0.1, 0.15) is 23.2 Å². The molecule has 0 spiro atoms. The maximum Gasteiger partial charge on any atom is 0.248 e. The predicted molar refractivity (Wildman–Crippen MR) is 95.2 cm³/mol. The Balaban J connectivity index is 0.00000225. The Kier molecular flexibility index (Phi) is 6.80. The molecule has 5 N–H and O–H groups in total. The summed E-state index contributed by atoms with van der Waals surface area (Å²) in [6.07, 6.45) is 1.72. The molecule has 2 heterocycles. The van der Waals surface area contributed by atoms with Crippen molar-refractivity contribution in [3.8, 4) is 5.75 Å². The van der Waals surface area contributed by atoms with E-state index < -0.39 is 18.4 Å². The number of piperidine rings is 1. The van der Waals surface area contributed by atoms with Crippen LogP contribution < -0.4 is 15.8 Å². The van der Waals surface area contributed by atoms with E-state index in [2.05, 4.69) is 5.32 Å². The van der Waals surface area contributed by atoms with E-state index >= 15 is 0 Å². The first-order chi connectivity index (χ1) is 11.5. The third-order valence-electron chi connectivity index (χ3n) is 4.52. The van der Waals surface area contributed by atoms with Gasteiger partial charge in [0, 0.05) is 18.2 Å². The Hall–Kier alpha value is -1.64. The molecule has 0 bridgehead atoms. The van der Waals surface area contributed by atoms with Crippen molar-refractivity contribution < 1.29 is 19.7 Å². The van der Waals surface area contributed by atoms with Crippen molar-refractivity contribution in [2.45, 2.75) is 25.3 Å². The van der Waals surface area contributed by atoms with Crippen LogP contribution >= 0.6 is 12.4 Å². The van der Waals surface area contributed by atoms with Crippen molar-refractivity contribution in [1.29, 1.82) is 0 Å². The number of benzene rings is 1. The lowest BCUT2D eigenvalue weighted by Crippen LogP contribution is -2.43. The number of aliphatic hydroxyl groups excluding tert-OH is 2. The lowest BCUT2D eigenvalue weighted by Gasteiger charge is -2.31. The lowest BCUT2D eigenvalue weighted by molar-refractivity contribution is -0.0622. The molecular formula is C17H24ClN3O4. The fourth-order valence-electron chi connectivity index (χ4n) is 3.12. The molecule has 1 aromatic carbocycles. The van der Waals surface area contributed by atoms with Crippen LogP contribution in [-0.2, 0) is 0 Å². The second kappa shape index (κ2) is 8.64. The molecule has 2 unspecified atom stereocenters. The number of nitrogens with zero attached hydrogens (tertiary/aromatic N) is 1. The summed E-state index contributed by atoms with van der Waals surface area (Å²) < 4.78 is 5.66. The maximum atomic E-state index is 11.1. The van der Waals surface area contributed by atoms with Crippen LogP contribution in [0.25, 0.3) is 0 Å². The summed E-state index contributed by atoms with van der Waals surface area (Å²) in [5, 5.41) is 23.9. The van der Waals surface area contributed by atoms with Crippen LogP contribution in [0.15, 0.2) is 36.1 Å². The molecule has 3 rings (SSSR count). The molecule has 1 fully saturated rings. The normalized spacial score (nSPS) is 24.5. The number of nitrogens with two attached hydrogens (primary N) is 1. The van der Waals surface area contributed by atoms with Crippen molar-refractivity contribution in [3.05, 3.63) is 41.7 Å². The number of ether oxygens (including phenoxy) is 1. The summed E-state index contributed by atoms with van der Waals surface area (Å²) in [5.41, 5.74) is 5.58. The van der Waals surface area contributed by atoms with Crippen LogP contribution in [0.3, 0.4) is 0 Å². The average Bonchev–Trinajstić information content (AvgIpc) is 2.84. The van der Waals surface area contributed by atoms with Gasteiger partial charge in [0.2, 0.25) is 5.91 Å². The molecule has 2 aliphatic heterocycles. The first-order valence-electron chi connectivity index (χ1n) is 8.16. The third-order valence-corrected chi connectivity index (χ3v) is 4.52. The zero-order valence-corrected chi connectivity index (χ0v) is 14.6. The van der Waals surface area contributed by atoms with Gasteiger partial charge in [-0.2, -0.15) is 0 Å². The second-order valence-electron chi connectivity index (χ2n) is 6.24. The highest BCUT2D eigenvalue weighted by molar-refractivity contribution is 5.92. The molecule has 8 heteroatoms. The molecule has 138 valence electrons. The van der Waals surface area contributed by atoms with E-state index in [0.29, 0.717) is 29.5 Å². The van der Waals surface area contributed by atoms with Crippen LogP contribution in [0.4, 0.5) is 0 Å². The first kappa shape index (κ1) is 19.7. The van der Waals surface area contributed by atoms with Crippen LogP contribution in [0.5, 0.6) is 5.75 Å². The Bertz CT molecular complexity index is 617. The Morgan fingerprint density at radius 2 is 1.88 bits per heavy atom.